The number of H-pyrrole nitrogens is 1. The van der Waals surface area contributed by atoms with Crippen LogP contribution < -0.4 is 10.2 Å². The molecule has 136 valence electrons. The normalized spacial score (nSPS) is 24.8. The molecule has 9 nitrogen and oxygen atoms in total. The van der Waals surface area contributed by atoms with Gasteiger partial charge in [-0.25, -0.2) is 9.78 Å². The summed E-state index contributed by atoms with van der Waals surface area (Å²) in [4.78, 5) is 23.8. The van der Waals surface area contributed by atoms with Crippen molar-refractivity contribution < 1.29 is 9.90 Å². The molecule has 0 unspecified atom stereocenters. The van der Waals surface area contributed by atoms with Crippen molar-refractivity contribution >= 4 is 23.7 Å². The van der Waals surface area contributed by atoms with Gasteiger partial charge in [0.25, 0.3) is 0 Å². The summed E-state index contributed by atoms with van der Waals surface area (Å²) in [7, 11) is 0. The molecule has 0 radical (unpaired) electrons. The van der Waals surface area contributed by atoms with E-state index in [1.165, 1.54) is 23.4 Å². The maximum absolute atomic E-state index is 11.1. The van der Waals surface area contributed by atoms with Crippen LogP contribution in [0.2, 0.25) is 0 Å². The minimum Gasteiger partial charge on any atom is -0.465 e. The summed E-state index contributed by atoms with van der Waals surface area (Å²) in [6.07, 6.45) is 3.39. The fraction of sp³-hybridized carbons (Fsp3) is 0.529. The van der Waals surface area contributed by atoms with Crippen LogP contribution in [0.15, 0.2) is 18.3 Å². The van der Waals surface area contributed by atoms with Gasteiger partial charge in [-0.3, -0.25) is 5.10 Å². The molecule has 2 aliphatic heterocycles. The third-order valence-corrected chi connectivity index (χ3v) is 5.55. The van der Waals surface area contributed by atoms with Crippen LogP contribution in [-0.4, -0.2) is 62.4 Å². The van der Waals surface area contributed by atoms with E-state index in [0.717, 1.165) is 18.9 Å². The minimum atomic E-state index is -0.821. The highest BCUT2D eigenvalue weighted by Crippen LogP contribution is 2.39. The van der Waals surface area contributed by atoms with Gasteiger partial charge in [-0.05, 0) is 18.9 Å². The first-order chi connectivity index (χ1) is 12.7. The Balaban J connectivity index is 1.26. The Morgan fingerprint density at radius 3 is 2.65 bits per heavy atom. The minimum absolute atomic E-state index is 0.360. The predicted molar refractivity (Wildman–Crippen MR) is 94.7 cm³/mol. The topological polar surface area (TPSA) is 110 Å². The number of nitrogens with zero attached hydrogens (tertiary/aromatic N) is 5. The van der Waals surface area contributed by atoms with Crippen LogP contribution in [0.25, 0.3) is 0 Å². The molecule has 2 atom stereocenters. The first kappa shape index (κ1) is 15.4. The number of nitrogens with one attached hydrogen (secondary N) is 2. The predicted octanol–water partition coefficient (Wildman–Crippen LogP) is 1.87. The lowest BCUT2D eigenvalue weighted by Gasteiger charge is -2.20. The molecule has 9 heteroatoms. The second-order valence-electron chi connectivity index (χ2n) is 7.46. The second kappa shape index (κ2) is 5.86. The van der Waals surface area contributed by atoms with Crippen molar-refractivity contribution in [2.75, 3.05) is 36.4 Å². The zero-order chi connectivity index (χ0) is 17.7. The first-order valence-electron chi connectivity index (χ1n) is 9.04. The molecule has 1 amide bonds. The Morgan fingerprint density at radius 1 is 1.19 bits per heavy atom. The molecule has 3 aliphatic rings. The van der Waals surface area contributed by atoms with Gasteiger partial charge in [0.15, 0.2) is 5.82 Å². The number of hydrogen-bond donors (Lipinski definition) is 3. The van der Waals surface area contributed by atoms with E-state index in [0.29, 0.717) is 42.6 Å². The SMILES string of the molecule is O=C(O)N1C[C@@H]2CN(c3nccc(Nc4cc(C5CC5)[nH]n4)n3)C[C@@H]2C1. The fourth-order valence-electron chi connectivity index (χ4n) is 4.02. The number of carbonyl (C=O) groups is 1. The molecule has 5 rings (SSSR count). The third-order valence-electron chi connectivity index (χ3n) is 5.55. The van der Waals surface area contributed by atoms with Crippen LogP contribution >= 0.6 is 0 Å². The van der Waals surface area contributed by atoms with E-state index in [-0.39, 0.29) is 0 Å². The van der Waals surface area contributed by atoms with Gasteiger partial charge in [0.1, 0.15) is 5.82 Å². The number of hydrogen-bond acceptors (Lipinski definition) is 6. The zero-order valence-corrected chi connectivity index (χ0v) is 14.3. The fourth-order valence-corrected chi connectivity index (χ4v) is 4.02. The van der Waals surface area contributed by atoms with Gasteiger partial charge in [0, 0.05) is 61.9 Å². The lowest BCUT2D eigenvalue weighted by atomic mass is 10.0. The van der Waals surface area contributed by atoms with E-state index in [2.05, 4.69) is 30.4 Å². The Kier molecular flexibility index (Phi) is 3.47. The maximum atomic E-state index is 11.1. The maximum Gasteiger partial charge on any atom is 0.407 e. The highest BCUT2D eigenvalue weighted by Gasteiger charge is 2.42. The molecule has 0 spiro atoms. The molecule has 0 aromatic carbocycles. The van der Waals surface area contributed by atoms with Gasteiger partial charge in [0.05, 0.1) is 0 Å². The molecular weight excluding hydrogens is 334 g/mol. The number of aromatic amines is 1. The van der Waals surface area contributed by atoms with E-state index < -0.39 is 6.09 Å². The lowest BCUT2D eigenvalue weighted by Crippen LogP contribution is -2.32. The van der Waals surface area contributed by atoms with E-state index in [4.69, 9.17) is 5.11 Å². The van der Waals surface area contributed by atoms with Crippen LogP contribution in [0.5, 0.6) is 0 Å². The number of likely N-dealkylation sites (tertiary alicyclic amines) is 1. The van der Waals surface area contributed by atoms with Gasteiger partial charge in [-0.2, -0.15) is 10.1 Å². The molecule has 2 aromatic heterocycles. The van der Waals surface area contributed by atoms with Crippen LogP contribution in [-0.2, 0) is 0 Å². The van der Waals surface area contributed by atoms with E-state index in [1.54, 1.807) is 6.20 Å². The zero-order valence-electron chi connectivity index (χ0n) is 14.3. The van der Waals surface area contributed by atoms with Gasteiger partial charge in [-0.1, -0.05) is 0 Å². The molecule has 4 heterocycles. The Hall–Kier alpha value is -2.84. The Labute approximate surface area is 150 Å². The average molecular weight is 355 g/mol. The Bertz CT molecular complexity index is 820. The highest BCUT2D eigenvalue weighted by atomic mass is 16.4. The smallest absolute Gasteiger partial charge is 0.407 e. The summed E-state index contributed by atoms with van der Waals surface area (Å²) in [5.74, 6) is 3.52. The monoisotopic (exact) mass is 355 g/mol. The number of amides is 1. The van der Waals surface area contributed by atoms with Crippen molar-refractivity contribution in [1.29, 1.82) is 0 Å². The highest BCUT2D eigenvalue weighted by molar-refractivity contribution is 5.65. The van der Waals surface area contributed by atoms with Crippen molar-refractivity contribution in [2.45, 2.75) is 18.8 Å². The van der Waals surface area contributed by atoms with Crippen LogP contribution in [0.4, 0.5) is 22.4 Å². The van der Waals surface area contributed by atoms with E-state index >= 15 is 0 Å². The second-order valence-corrected chi connectivity index (χ2v) is 7.46. The van der Waals surface area contributed by atoms with Gasteiger partial charge >= 0.3 is 6.09 Å². The van der Waals surface area contributed by atoms with E-state index in [9.17, 15) is 4.79 Å². The molecule has 1 aliphatic carbocycles. The van der Waals surface area contributed by atoms with E-state index in [1.807, 2.05) is 12.1 Å². The number of aromatic nitrogens is 4. The first-order valence-corrected chi connectivity index (χ1v) is 9.04. The standard InChI is InChI=1S/C17H21N7O2/c25-17(26)24-8-11-6-23(7-12(11)9-24)16-18-4-3-14(20-16)19-15-5-13(21-22-15)10-1-2-10/h3-5,10-12H,1-2,6-9H2,(H,25,26)(H2,18,19,20,21,22)/t11-,12+. The summed E-state index contributed by atoms with van der Waals surface area (Å²) in [6, 6.07) is 3.87. The van der Waals surface area contributed by atoms with Gasteiger partial charge in [-0.15, -0.1) is 0 Å². The molecule has 0 bridgehead atoms. The summed E-state index contributed by atoms with van der Waals surface area (Å²) >= 11 is 0. The van der Waals surface area contributed by atoms with Crippen molar-refractivity contribution in [3.8, 4) is 0 Å². The van der Waals surface area contributed by atoms with Gasteiger partial charge < -0.3 is 20.2 Å². The number of fused-ring (bicyclic) bond motifs is 1. The van der Waals surface area contributed by atoms with Crippen LogP contribution in [0.3, 0.4) is 0 Å². The van der Waals surface area contributed by atoms with Crippen LogP contribution in [0, 0.1) is 11.8 Å². The van der Waals surface area contributed by atoms with Crippen molar-refractivity contribution in [3.05, 3.63) is 24.0 Å². The number of rotatable bonds is 4. The summed E-state index contributed by atoms with van der Waals surface area (Å²) in [5.41, 5.74) is 1.18. The molecular formula is C17H21N7O2. The molecule has 2 saturated heterocycles. The third kappa shape index (κ3) is 2.83. The summed E-state index contributed by atoms with van der Waals surface area (Å²) in [6.45, 7) is 2.80. The largest absolute Gasteiger partial charge is 0.465 e. The van der Waals surface area contributed by atoms with Crippen LogP contribution in [0.1, 0.15) is 24.5 Å². The lowest BCUT2D eigenvalue weighted by molar-refractivity contribution is 0.153. The number of anilines is 3. The quantitative estimate of drug-likeness (QED) is 0.768. The summed E-state index contributed by atoms with van der Waals surface area (Å²) in [5, 5.41) is 19.8. The molecule has 3 fully saturated rings. The molecule has 26 heavy (non-hydrogen) atoms. The average Bonchev–Trinajstić information content (AvgIpc) is 3.04. The summed E-state index contributed by atoms with van der Waals surface area (Å²) < 4.78 is 0. The molecule has 3 N–H and O–H groups in total. The van der Waals surface area contributed by atoms with Gasteiger partial charge in [0.2, 0.25) is 5.95 Å². The molecule has 1 saturated carbocycles. The van der Waals surface area contributed by atoms with Crippen molar-refractivity contribution in [3.63, 3.8) is 0 Å². The van der Waals surface area contributed by atoms with Crippen molar-refractivity contribution in [1.82, 2.24) is 25.1 Å². The molecule has 2 aromatic rings. The number of carboxylic acid groups (broad SMARTS) is 1. The van der Waals surface area contributed by atoms with Crippen molar-refractivity contribution in [2.24, 2.45) is 11.8 Å². The Morgan fingerprint density at radius 2 is 1.96 bits per heavy atom.